The second kappa shape index (κ2) is 5.25. The van der Waals surface area contributed by atoms with Gasteiger partial charge >= 0.3 is 0 Å². The van der Waals surface area contributed by atoms with Crippen LogP contribution in [-0.4, -0.2) is 14.2 Å². The van der Waals surface area contributed by atoms with Gasteiger partial charge < -0.3 is 14.2 Å². The highest BCUT2D eigenvalue weighted by atomic mass is 16.5. The molecule has 0 aromatic heterocycles. The van der Waals surface area contributed by atoms with E-state index in [0.29, 0.717) is 23.0 Å². The van der Waals surface area contributed by atoms with E-state index in [1.54, 1.807) is 38.5 Å². The minimum Gasteiger partial charge on any atom is -0.496 e. The summed E-state index contributed by atoms with van der Waals surface area (Å²) < 4.78 is 16.0. The summed E-state index contributed by atoms with van der Waals surface area (Å²) in [6.45, 7) is 0. The summed E-state index contributed by atoms with van der Waals surface area (Å²) in [6, 6.07) is 15.8. The van der Waals surface area contributed by atoms with E-state index in [2.05, 4.69) is 6.07 Å². The van der Waals surface area contributed by atoms with Crippen LogP contribution in [0.15, 0.2) is 42.5 Å². The molecular weight excluding hydrogens is 216 g/mol. The predicted molar refractivity (Wildman–Crippen MR) is 64.9 cm³/mol. The van der Waals surface area contributed by atoms with Crippen LogP contribution in [0.1, 0.15) is 0 Å². The second-order valence-corrected chi connectivity index (χ2v) is 3.38. The van der Waals surface area contributed by atoms with Crippen molar-refractivity contribution in [2.75, 3.05) is 14.2 Å². The largest absolute Gasteiger partial charge is 0.496 e. The highest BCUT2D eigenvalue weighted by Gasteiger charge is 2.03. The minimum atomic E-state index is 0.655. The Kier molecular flexibility index (Phi) is 3.50. The first kappa shape index (κ1) is 11.3. The van der Waals surface area contributed by atoms with Gasteiger partial charge in [-0.05, 0) is 6.07 Å². The normalized spacial score (nSPS) is 9.76. The SMILES string of the molecule is COc1cc(OC)cc(Oc2[c]cccc2)c1. The van der Waals surface area contributed by atoms with Gasteiger partial charge in [-0.1, -0.05) is 18.2 Å². The van der Waals surface area contributed by atoms with Crippen molar-refractivity contribution in [3.05, 3.63) is 48.5 Å². The lowest BCUT2D eigenvalue weighted by molar-refractivity contribution is 0.386. The number of hydrogen-bond acceptors (Lipinski definition) is 3. The van der Waals surface area contributed by atoms with Crippen LogP contribution in [0.5, 0.6) is 23.0 Å². The summed E-state index contributed by atoms with van der Waals surface area (Å²) in [6.07, 6.45) is 0. The van der Waals surface area contributed by atoms with Gasteiger partial charge in [-0.3, -0.25) is 0 Å². The summed E-state index contributed by atoms with van der Waals surface area (Å²) in [4.78, 5) is 0. The molecule has 1 radical (unpaired) electrons. The van der Waals surface area contributed by atoms with Crippen LogP contribution in [-0.2, 0) is 0 Å². The first-order valence-corrected chi connectivity index (χ1v) is 5.19. The Bertz CT molecular complexity index is 458. The van der Waals surface area contributed by atoms with Crippen LogP contribution in [0.4, 0.5) is 0 Å². The lowest BCUT2D eigenvalue weighted by Gasteiger charge is -2.09. The zero-order valence-electron chi connectivity index (χ0n) is 9.77. The van der Waals surface area contributed by atoms with E-state index < -0.39 is 0 Å². The van der Waals surface area contributed by atoms with Crippen molar-refractivity contribution in [1.82, 2.24) is 0 Å². The van der Waals surface area contributed by atoms with Crippen molar-refractivity contribution in [3.8, 4) is 23.0 Å². The van der Waals surface area contributed by atoms with Crippen molar-refractivity contribution in [2.24, 2.45) is 0 Å². The first-order valence-electron chi connectivity index (χ1n) is 5.19. The average Bonchev–Trinajstić information content (AvgIpc) is 2.39. The van der Waals surface area contributed by atoms with Gasteiger partial charge in [0.1, 0.15) is 23.0 Å². The topological polar surface area (TPSA) is 27.7 Å². The molecule has 0 unspecified atom stereocenters. The van der Waals surface area contributed by atoms with E-state index in [9.17, 15) is 0 Å². The van der Waals surface area contributed by atoms with E-state index in [1.807, 2.05) is 18.2 Å². The number of hydrogen-bond donors (Lipinski definition) is 0. The Labute approximate surface area is 101 Å². The zero-order valence-corrected chi connectivity index (χ0v) is 9.77. The quantitative estimate of drug-likeness (QED) is 0.805. The van der Waals surface area contributed by atoms with Crippen molar-refractivity contribution in [1.29, 1.82) is 0 Å². The number of ether oxygens (including phenoxy) is 3. The summed E-state index contributed by atoms with van der Waals surface area (Å²) in [5, 5.41) is 0. The summed E-state index contributed by atoms with van der Waals surface area (Å²) in [5.74, 6) is 2.69. The molecule has 0 saturated carbocycles. The van der Waals surface area contributed by atoms with Gasteiger partial charge in [0.2, 0.25) is 0 Å². The maximum Gasteiger partial charge on any atom is 0.135 e. The summed E-state index contributed by atoms with van der Waals surface area (Å²) in [7, 11) is 3.21. The van der Waals surface area contributed by atoms with Crippen molar-refractivity contribution >= 4 is 0 Å². The molecule has 3 nitrogen and oxygen atoms in total. The van der Waals surface area contributed by atoms with Crippen LogP contribution in [0, 0.1) is 6.07 Å². The molecule has 0 aliphatic rings. The van der Waals surface area contributed by atoms with Gasteiger partial charge in [-0.25, -0.2) is 0 Å². The molecule has 0 spiro atoms. The molecule has 0 bridgehead atoms. The maximum absolute atomic E-state index is 5.65. The van der Waals surface area contributed by atoms with Gasteiger partial charge in [0.25, 0.3) is 0 Å². The number of benzene rings is 2. The fourth-order valence-corrected chi connectivity index (χ4v) is 1.41. The van der Waals surface area contributed by atoms with E-state index >= 15 is 0 Å². The smallest absolute Gasteiger partial charge is 0.135 e. The highest BCUT2D eigenvalue weighted by molar-refractivity contribution is 5.43. The van der Waals surface area contributed by atoms with E-state index in [4.69, 9.17) is 14.2 Å². The molecule has 0 aliphatic heterocycles. The van der Waals surface area contributed by atoms with E-state index in [-0.39, 0.29) is 0 Å². The lowest BCUT2D eigenvalue weighted by Crippen LogP contribution is -1.90. The van der Waals surface area contributed by atoms with Crippen LogP contribution in [0.3, 0.4) is 0 Å². The Morgan fingerprint density at radius 1 is 0.882 bits per heavy atom. The third-order valence-corrected chi connectivity index (χ3v) is 2.23. The number of methoxy groups -OCH3 is 2. The summed E-state index contributed by atoms with van der Waals surface area (Å²) in [5.41, 5.74) is 0. The Morgan fingerprint density at radius 2 is 1.53 bits per heavy atom. The van der Waals surface area contributed by atoms with Gasteiger partial charge in [0.15, 0.2) is 0 Å². The molecule has 0 atom stereocenters. The molecule has 0 saturated heterocycles. The van der Waals surface area contributed by atoms with Gasteiger partial charge in [0, 0.05) is 24.3 Å². The fraction of sp³-hybridized carbons (Fsp3) is 0.143. The van der Waals surface area contributed by atoms with E-state index in [0.717, 1.165) is 0 Å². The van der Waals surface area contributed by atoms with Crippen LogP contribution in [0.2, 0.25) is 0 Å². The minimum absolute atomic E-state index is 0.655. The first-order chi connectivity index (χ1) is 8.31. The molecule has 0 amide bonds. The molecule has 3 heteroatoms. The molecule has 0 fully saturated rings. The molecule has 17 heavy (non-hydrogen) atoms. The molecule has 87 valence electrons. The maximum atomic E-state index is 5.65. The van der Waals surface area contributed by atoms with Crippen LogP contribution < -0.4 is 14.2 Å². The number of rotatable bonds is 4. The molecule has 2 aromatic carbocycles. The Balaban J connectivity index is 2.26. The Hall–Kier alpha value is -2.16. The zero-order chi connectivity index (χ0) is 12.1. The average molecular weight is 229 g/mol. The number of para-hydroxylation sites is 1. The van der Waals surface area contributed by atoms with Crippen molar-refractivity contribution in [2.45, 2.75) is 0 Å². The predicted octanol–water partition coefficient (Wildman–Crippen LogP) is 3.30. The monoisotopic (exact) mass is 229 g/mol. The molecular formula is C14H13O3. The summed E-state index contributed by atoms with van der Waals surface area (Å²) >= 11 is 0. The second-order valence-electron chi connectivity index (χ2n) is 3.38. The van der Waals surface area contributed by atoms with E-state index in [1.165, 1.54) is 0 Å². The van der Waals surface area contributed by atoms with Crippen LogP contribution >= 0.6 is 0 Å². The van der Waals surface area contributed by atoms with Gasteiger partial charge in [-0.15, -0.1) is 0 Å². The standard InChI is InChI=1S/C14H13O3/c1-15-12-8-13(16-2)10-14(9-12)17-11-6-4-3-5-7-11/h3-6,8-10H,1-2H3. The Morgan fingerprint density at radius 3 is 2.06 bits per heavy atom. The molecule has 0 aliphatic carbocycles. The lowest BCUT2D eigenvalue weighted by atomic mass is 10.3. The molecule has 0 N–H and O–H groups in total. The van der Waals surface area contributed by atoms with Crippen molar-refractivity contribution < 1.29 is 14.2 Å². The van der Waals surface area contributed by atoms with Crippen LogP contribution in [0.25, 0.3) is 0 Å². The van der Waals surface area contributed by atoms with Gasteiger partial charge in [0.05, 0.1) is 14.2 Å². The third kappa shape index (κ3) is 2.91. The van der Waals surface area contributed by atoms with Crippen molar-refractivity contribution in [3.63, 3.8) is 0 Å². The molecule has 2 aromatic rings. The molecule has 0 heterocycles. The fourth-order valence-electron chi connectivity index (χ4n) is 1.41. The highest BCUT2D eigenvalue weighted by Crippen LogP contribution is 2.30. The third-order valence-electron chi connectivity index (χ3n) is 2.23. The molecule has 2 rings (SSSR count). The van der Waals surface area contributed by atoms with Gasteiger partial charge in [-0.2, -0.15) is 0 Å².